The first-order chi connectivity index (χ1) is 16.3. The number of hydrogen-bond donors (Lipinski definition) is 2. The lowest BCUT2D eigenvalue weighted by Crippen LogP contribution is -2.44. The Labute approximate surface area is 209 Å². The van der Waals surface area contributed by atoms with Crippen LogP contribution in [0, 0.1) is 11.6 Å². The van der Waals surface area contributed by atoms with Crippen molar-refractivity contribution in [3.05, 3.63) is 95.6 Å². The first-order valence-electron chi connectivity index (χ1n) is 11.0. The predicted octanol–water partition coefficient (Wildman–Crippen LogP) is 4.58. The number of likely N-dealkylation sites (tertiary alicyclic amines) is 1. The quantitative estimate of drug-likeness (QED) is 0.477. The average Bonchev–Trinajstić information content (AvgIpc) is 2.83. The lowest BCUT2D eigenvalue weighted by atomic mass is 10.0. The molecule has 1 heterocycles. The van der Waals surface area contributed by atoms with Crippen LogP contribution in [0.25, 0.3) is 0 Å². The van der Waals surface area contributed by atoms with Crippen LogP contribution in [0.3, 0.4) is 0 Å². The smallest absolute Gasteiger partial charge is 0.262 e. The number of halogens is 3. The summed E-state index contributed by atoms with van der Waals surface area (Å²) in [5.74, 6) is -2.81. The molecule has 0 aromatic heterocycles. The fourth-order valence-electron chi connectivity index (χ4n) is 3.96. The fourth-order valence-corrected chi connectivity index (χ4v) is 5.05. The number of sulfonamides is 1. The largest absolute Gasteiger partial charge is 0.349 e. The highest BCUT2D eigenvalue weighted by molar-refractivity contribution is 7.92. The van der Waals surface area contributed by atoms with Crippen molar-refractivity contribution in [1.82, 2.24) is 10.2 Å². The molecule has 1 saturated heterocycles. The van der Waals surface area contributed by atoms with Gasteiger partial charge in [-0.05, 0) is 48.7 Å². The third-order valence-electron chi connectivity index (χ3n) is 5.79. The van der Waals surface area contributed by atoms with Crippen molar-refractivity contribution in [2.24, 2.45) is 0 Å². The van der Waals surface area contributed by atoms with E-state index in [0.29, 0.717) is 6.07 Å². The van der Waals surface area contributed by atoms with Gasteiger partial charge in [-0.2, -0.15) is 0 Å². The summed E-state index contributed by atoms with van der Waals surface area (Å²) in [7, 11) is -4.22. The fraction of sp³-hybridized carbons (Fsp3) is 0.240. The number of benzene rings is 3. The minimum Gasteiger partial charge on any atom is -0.349 e. The van der Waals surface area contributed by atoms with E-state index in [4.69, 9.17) is 0 Å². The summed E-state index contributed by atoms with van der Waals surface area (Å²) in [5, 5.41) is 2.99. The molecule has 186 valence electrons. The van der Waals surface area contributed by atoms with Gasteiger partial charge < -0.3 is 5.32 Å². The highest BCUT2D eigenvalue weighted by Gasteiger charge is 2.24. The van der Waals surface area contributed by atoms with Gasteiger partial charge in [-0.15, -0.1) is 12.4 Å². The van der Waals surface area contributed by atoms with Gasteiger partial charge >= 0.3 is 0 Å². The molecule has 0 aliphatic carbocycles. The zero-order chi connectivity index (χ0) is 24.1. The number of anilines is 1. The second-order valence-electron chi connectivity index (χ2n) is 8.24. The maximum Gasteiger partial charge on any atom is 0.262 e. The zero-order valence-electron chi connectivity index (χ0n) is 18.8. The summed E-state index contributed by atoms with van der Waals surface area (Å²) in [4.78, 5) is 14.9. The number of rotatable bonds is 7. The molecule has 1 amide bonds. The Morgan fingerprint density at radius 3 is 2.26 bits per heavy atom. The van der Waals surface area contributed by atoms with Crippen LogP contribution in [0.1, 0.15) is 28.8 Å². The third-order valence-corrected chi connectivity index (χ3v) is 7.15. The van der Waals surface area contributed by atoms with Gasteiger partial charge in [0.05, 0.1) is 16.1 Å². The monoisotopic (exact) mass is 521 g/mol. The zero-order valence-corrected chi connectivity index (χ0v) is 20.4. The van der Waals surface area contributed by atoms with E-state index in [1.54, 1.807) is 12.1 Å². The number of hydrogen-bond acceptors (Lipinski definition) is 4. The third kappa shape index (κ3) is 6.78. The second-order valence-corrected chi connectivity index (χ2v) is 9.92. The highest BCUT2D eigenvalue weighted by Crippen LogP contribution is 2.22. The molecule has 0 spiro atoms. The summed E-state index contributed by atoms with van der Waals surface area (Å²) in [6.07, 6.45) is 1.56. The van der Waals surface area contributed by atoms with Crippen molar-refractivity contribution in [1.29, 1.82) is 0 Å². The van der Waals surface area contributed by atoms with Crippen molar-refractivity contribution in [2.75, 3.05) is 17.8 Å². The molecule has 4 rings (SSSR count). The second kappa shape index (κ2) is 11.6. The molecule has 1 aliphatic heterocycles. The SMILES string of the molecule is Cl.O=C(NC1CCN(Cc2ccccc2)CC1)c1ccccc1NS(=O)(=O)c1ccc(F)c(F)c1. The van der Waals surface area contributed by atoms with Crippen LogP contribution in [-0.4, -0.2) is 38.4 Å². The van der Waals surface area contributed by atoms with Crippen LogP contribution >= 0.6 is 12.4 Å². The van der Waals surface area contributed by atoms with Gasteiger partial charge in [0.2, 0.25) is 0 Å². The van der Waals surface area contributed by atoms with E-state index in [1.807, 2.05) is 18.2 Å². The molecule has 0 unspecified atom stereocenters. The first-order valence-corrected chi connectivity index (χ1v) is 12.4. The van der Waals surface area contributed by atoms with Crippen LogP contribution in [0.4, 0.5) is 14.5 Å². The first kappa shape index (κ1) is 26.6. The molecule has 2 N–H and O–H groups in total. The molecule has 0 atom stereocenters. The lowest BCUT2D eigenvalue weighted by molar-refractivity contribution is 0.0910. The summed E-state index contributed by atoms with van der Waals surface area (Å²) >= 11 is 0. The van der Waals surface area contributed by atoms with E-state index in [1.165, 1.54) is 17.7 Å². The van der Waals surface area contributed by atoms with E-state index in [9.17, 15) is 22.0 Å². The van der Waals surface area contributed by atoms with Gasteiger partial charge in [-0.1, -0.05) is 42.5 Å². The van der Waals surface area contributed by atoms with E-state index in [2.05, 4.69) is 27.1 Å². The molecule has 1 fully saturated rings. The van der Waals surface area contributed by atoms with Crippen molar-refractivity contribution >= 4 is 34.0 Å². The van der Waals surface area contributed by atoms with E-state index < -0.39 is 32.5 Å². The molecule has 0 saturated carbocycles. The summed E-state index contributed by atoms with van der Waals surface area (Å²) in [6.45, 7) is 2.53. The number of para-hydroxylation sites is 1. The maximum absolute atomic E-state index is 13.5. The Balaban J connectivity index is 0.00000342. The van der Waals surface area contributed by atoms with Gasteiger partial charge in [0.1, 0.15) is 0 Å². The minimum atomic E-state index is -4.22. The normalized spacial score (nSPS) is 14.7. The molecular formula is C25H26ClF2N3O3S. The number of carbonyl (C=O) groups excluding carboxylic acids is 1. The van der Waals surface area contributed by atoms with Crippen molar-refractivity contribution in [3.63, 3.8) is 0 Å². The van der Waals surface area contributed by atoms with Gasteiger partial charge in [0, 0.05) is 25.7 Å². The van der Waals surface area contributed by atoms with Crippen LogP contribution in [0.15, 0.2) is 77.7 Å². The van der Waals surface area contributed by atoms with Crippen LogP contribution in [0.5, 0.6) is 0 Å². The molecule has 35 heavy (non-hydrogen) atoms. The van der Waals surface area contributed by atoms with Gasteiger partial charge in [-0.3, -0.25) is 14.4 Å². The maximum atomic E-state index is 13.5. The Hall–Kier alpha value is -3.01. The van der Waals surface area contributed by atoms with Crippen LogP contribution < -0.4 is 10.0 Å². The van der Waals surface area contributed by atoms with Crippen molar-refractivity contribution < 1.29 is 22.0 Å². The Morgan fingerprint density at radius 2 is 1.57 bits per heavy atom. The number of piperidine rings is 1. The standard InChI is InChI=1S/C25H25F2N3O3S.ClH/c26-22-11-10-20(16-23(22)27)34(32,33)29-24-9-5-4-8-21(24)25(31)28-19-12-14-30(15-13-19)17-18-6-2-1-3-7-18;/h1-11,16,19,29H,12-15,17H2,(H,28,31);1H. The van der Waals surface area contributed by atoms with Crippen LogP contribution in [0.2, 0.25) is 0 Å². The Bertz CT molecular complexity index is 1270. The predicted molar refractivity (Wildman–Crippen MR) is 133 cm³/mol. The van der Waals surface area contributed by atoms with Crippen LogP contribution in [-0.2, 0) is 16.6 Å². The molecule has 3 aromatic rings. The van der Waals surface area contributed by atoms with E-state index in [0.717, 1.165) is 44.6 Å². The van der Waals surface area contributed by atoms with E-state index >= 15 is 0 Å². The van der Waals surface area contributed by atoms with Crippen molar-refractivity contribution in [3.8, 4) is 0 Å². The molecule has 0 bridgehead atoms. The summed E-state index contributed by atoms with van der Waals surface area (Å²) < 4.78 is 54.4. The average molecular weight is 522 g/mol. The summed E-state index contributed by atoms with van der Waals surface area (Å²) in [6, 6.07) is 18.7. The lowest BCUT2D eigenvalue weighted by Gasteiger charge is -2.32. The van der Waals surface area contributed by atoms with Crippen molar-refractivity contribution in [2.45, 2.75) is 30.3 Å². The number of amides is 1. The number of carbonyl (C=O) groups is 1. The molecule has 6 nitrogen and oxygen atoms in total. The van der Waals surface area contributed by atoms with Gasteiger partial charge in [0.15, 0.2) is 11.6 Å². The molecule has 1 aliphatic rings. The highest BCUT2D eigenvalue weighted by atomic mass is 35.5. The molecular weight excluding hydrogens is 496 g/mol. The van der Waals surface area contributed by atoms with Gasteiger partial charge in [0.25, 0.3) is 15.9 Å². The number of nitrogens with zero attached hydrogens (tertiary/aromatic N) is 1. The Kier molecular flexibility index (Phi) is 8.82. The molecule has 3 aromatic carbocycles. The molecule has 0 radical (unpaired) electrons. The van der Waals surface area contributed by atoms with Gasteiger partial charge in [-0.25, -0.2) is 17.2 Å². The summed E-state index contributed by atoms with van der Waals surface area (Å²) in [5.41, 5.74) is 1.46. The Morgan fingerprint density at radius 1 is 0.914 bits per heavy atom. The van der Waals surface area contributed by atoms with E-state index in [-0.39, 0.29) is 29.7 Å². The minimum absolute atomic E-state index is 0. The molecule has 10 heteroatoms. The topological polar surface area (TPSA) is 78.5 Å². The number of nitrogens with one attached hydrogen (secondary N) is 2.